The molecule has 0 saturated carbocycles. The minimum atomic E-state index is -4.73. The first-order valence-corrected chi connectivity index (χ1v) is 19.5. The molecule has 6 aromatic rings. The van der Waals surface area contributed by atoms with Crippen LogP contribution in [0.5, 0.6) is 11.5 Å². The van der Waals surface area contributed by atoms with Gasteiger partial charge in [-0.2, -0.15) is 0 Å². The average molecular weight is 900 g/mol. The summed E-state index contributed by atoms with van der Waals surface area (Å²) in [7, 11) is 0. The summed E-state index contributed by atoms with van der Waals surface area (Å²) in [6.07, 6.45) is -10.1. The van der Waals surface area contributed by atoms with E-state index in [0.29, 0.717) is 0 Å². The highest BCUT2D eigenvalue weighted by molar-refractivity contribution is 6.34. The molecule has 16 heteroatoms. The lowest BCUT2D eigenvalue weighted by Gasteiger charge is -2.14. The van der Waals surface area contributed by atoms with E-state index in [1.54, 1.807) is 36.4 Å². The van der Waals surface area contributed by atoms with Gasteiger partial charge < -0.3 is 18.9 Å². The van der Waals surface area contributed by atoms with Crippen LogP contribution in [0.4, 0.5) is 35.1 Å². The van der Waals surface area contributed by atoms with Gasteiger partial charge in [0.05, 0.1) is 21.2 Å². The van der Waals surface area contributed by atoms with Crippen molar-refractivity contribution in [1.82, 2.24) is 0 Å². The number of alkyl halides is 6. The largest absolute Gasteiger partial charge is 0.573 e. The van der Waals surface area contributed by atoms with Crippen LogP contribution in [0.25, 0.3) is 22.3 Å². The van der Waals surface area contributed by atoms with E-state index in [0.717, 1.165) is 33.4 Å². The van der Waals surface area contributed by atoms with Gasteiger partial charge in [-0.25, -0.2) is 18.8 Å². The minimum Gasteiger partial charge on any atom is -0.472 e. The van der Waals surface area contributed by atoms with Crippen LogP contribution >= 0.6 is 23.2 Å². The molecule has 0 amide bonds. The molecule has 0 bridgehead atoms. The lowest BCUT2D eigenvalue weighted by molar-refractivity contribution is -0.275. The van der Waals surface area contributed by atoms with Crippen LogP contribution in [-0.2, 0) is 9.47 Å². The lowest BCUT2D eigenvalue weighted by Crippen LogP contribution is -2.16. The van der Waals surface area contributed by atoms with Crippen molar-refractivity contribution in [2.75, 3.05) is 0 Å². The zero-order chi connectivity index (χ0) is 44.3. The van der Waals surface area contributed by atoms with Gasteiger partial charge in [-0.05, 0) is 95.8 Å². The first-order chi connectivity index (χ1) is 29.4. The van der Waals surface area contributed by atoms with E-state index >= 15 is 0 Å². The molecule has 8 rings (SSSR count). The molecule has 6 nitrogen and oxygen atoms in total. The summed E-state index contributed by atoms with van der Waals surface area (Å²) in [5, 5.41) is 0.444. The van der Waals surface area contributed by atoms with Crippen molar-refractivity contribution in [1.29, 1.82) is 0 Å². The van der Waals surface area contributed by atoms with E-state index in [4.69, 9.17) is 32.7 Å². The molecule has 0 radical (unpaired) electrons. The molecule has 62 heavy (non-hydrogen) atoms. The number of ether oxygens (including phenoxy) is 4. The zero-order valence-electron chi connectivity index (χ0n) is 32.3. The minimum absolute atomic E-state index is 0.135. The van der Waals surface area contributed by atoms with Crippen LogP contribution in [0, 0.1) is 11.6 Å². The van der Waals surface area contributed by atoms with Crippen molar-refractivity contribution in [3.63, 3.8) is 0 Å². The molecule has 0 spiro atoms. The van der Waals surface area contributed by atoms with Gasteiger partial charge in [0.1, 0.15) is 47.4 Å². The number of rotatable bonds is 8. The Balaban J connectivity index is 0.000000186. The highest BCUT2D eigenvalue weighted by Gasteiger charge is 2.34. The van der Waals surface area contributed by atoms with Crippen LogP contribution in [0.1, 0.15) is 48.2 Å². The maximum absolute atomic E-state index is 14.2. The van der Waals surface area contributed by atoms with Crippen molar-refractivity contribution in [3.05, 3.63) is 177 Å². The highest BCUT2D eigenvalue weighted by atomic mass is 35.5. The second kappa shape index (κ2) is 18.1. The van der Waals surface area contributed by atoms with E-state index in [-0.39, 0.29) is 68.8 Å². The van der Waals surface area contributed by atoms with Crippen molar-refractivity contribution in [2.45, 2.75) is 50.9 Å². The topological polar surface area (TPSA) is 61.6 Å². The summed E-state index contributed by atoms with van der Waals surface area (Å²) in [5.41, 5.74) is 5.09. The second-order valence-electron chi connectivity index (χ2n) is 14.0. The Morgan fingerprint density at radius 3 is 1.06 bits per heavy atom. The molecule has 0 saturated heterocycles. The Kier molecular flexibility index (Phi) is 12.8. The number of nitrogens with zero attached hydrogens (tertiary/aromatic N) is 2. The van der Waals surface area contributed by atoms with Gasteiger partial charge in [-0.3, -0.25) is 0 Å². The summed E-state index contributed by atoms with van der Waals surface area (Å²) in [4.78, 5) is 9.05. The molecule has 2 aliphatic rings. The Hall–Kier alpha value is -6.12. The van der Waals surface area contributed by atoms with Gasteiger partial charge in [0, 0.05) is 0 Å². The fraction of sp³-hybridized carbons (Fsp3) is 0.174. The molecule has 0 aromatic heterocycles. The van der Waals surface area contributed by atoms with Gasteiger partial charge in [-0.15, -0.1) is 26.3 Å². The maximum Gasteiger partial charge on any atom is 0.573 e. The zero-order valence-corrected chi connectivity index (χ0v) is 33.8. The summed E-state index contributed by atoms with van der Waals surface area (Å²) in [6.45, 7) is 3.67. The third-order valence-electron chi connectivity index (χ3n) is 9.70. The van der Waals surface area contributed by atoms with Gasteiger partial charge in [0.15, 0.2) is 0 Å². The fourth-order valence-corrected chi connectivity index (χ4v) is 7.28. The number of hydrogen-bond acceptors (Lipinski definition) is 6. The molecule has 2 heterocycles. The van der Waals surface area contributed by atoms with Crippen molar-refractivity contribution >= 4 is 35.0 Å². The Labute approximate surface area is 360 Å². The second-order valence-corrected chi connectivity index (χ2v) is 14.8. The quantitative estimate of drug-likeness (QED) is 0.143. The average Bonchev–Trinajstić information content (AvgIpc) is 3.79. The third-order valence-corrected chi connectivity index (χ3v) is 10.3. The highest BCUT2D eigenvalue weighted by Crippen LogP contribution is 2.37. The van der Waals surface area contributed by atoms with E-state index in [1.165, 1.54) is 48.5 Å². The third kappa shape index (κ3) is 10.5. The lowest BCUT2D eigenvalue weighted by atomic mass is 9.99. The standard InChI is InChI=1S/2C23H16ClF4NO2/c2*1-13-21(29-22(30-13)20-18(24)3-2-4-19(20)25)16-7-5-14(6-8-16)15-9-11-17(12-10-15)31-23(26,27)28/h2*2-13,21H,1H3/t2*13-,21-/m10/s1. The van der Waals surface area contributed by atoms with Crippen LogP contribution in [0.3, 0.4) is 0 Å². The van der Waals surface area contributed by atoms with Crippen LogP contribution in [0.15, 0.2) is 143 Å². The number of benzene rings is 6. The molecule has 0 fully saturated rings. The monoisotopic (exact) mass is 898 g/mol. The Morgan fingerprint density at radius 1 is 0.468 bits per heavy atom. The number of aliphatic imine (C=N–C) groups is 2. The molecule has 0 aliphatic carbocycles. The van der Waals surface area contributed by atoms with Crippen LogP contribution in [0.2, 0.25) is 10.0 Å². The van der Waals surface area contributed by atoms with E-state index in [1.807, 2.05) is 62.4 Å². The molecule has 0 N–H and O–H groups in total. The first kappa shape index (κ1) is 44.0. The normalized spacial score (nSPS) is 18.5. The molecule has 6 aromatic carbocycles. The maximum atomic E-state index is 14.2. The predicted octanol–water partition coefficient (Wildman–Crippen LogP) is 13.9. The van der Waals surface area contributed by atoms with E-state index in [2.05, 4.69) is 19.5 Å². The van der Waals surface area contributed by atoms with E-state index < -0.39 is 24.4 Å². The van der Waals surface area contributed by atoms with Gasteiger partial charge >= 0.3 is 12.7 Å². The number of halogens is 10. The Bertz CT molecular complexity index is 2360. The summed E-state index contributed by atoms with van der Waals surface area (Å²) >= 11 is 12.2. The van der Waals surface area contributed by atoms with E-state index in [9.17, 15) is 35.1 Å². The molecule has 0 unspecified atom stereocenters. The molecule has 4 atom stereocenters. The summed E-state index contributed by atoms with van der Waals surface area (Å²) in [5.74, 6) is -1.26. The summed E-state index contributed by atoms with van der Waals surface area (Å²) in [6, 6.07) is 34.1. The molecular weight excluding hydrogens is 867 g/mol. The fourth-order valence-electron chi connectivity index (χ4n) is 6.79. The molecule has 2 aliphatic heterocycles. The smallest absolute Gasteiger partial charge is 0.472 e. The number of hydrogen-bond donors (Lipinski definition) is 0. The first-order valence-electron chi connectivity index (χ1n) is 18.7. The van der Waals surface area contributed by atoms with Crippen molar-refractivity contribution in [2.24, 2.45) is 9.98 Å². The van der Waals surface area contributed by atoms with Crippen LogP contribution in [-0.4, -0.2) is 36.7 Å². The van der Waals surface area contributed by atoms with Gasteiger partial charge in [-0.1, -0.05) is 108 Å². The predicted molar refractivity (Wildman–Crippen MR) is 220 cm³/mol. The van der Waals surface area contributed by atoms with Gasteiger partial charge in [0.2, 0.25) is 11.8 Å². The Morgan fingerprint density at radius 2 is 0.774 bits per heavy atom. The van der Waals surface area contributed by atoms with Crippen molar-refractivity contribution < 1.29 is 54.1 Å². The summed E-state index contributed by atoms with van der Waals surface area (Å²) < 4.78 is 121. The molecule has 320 valence electrons. The van der Waals surface area contributed by atoms with Crippen molar-refractivity contribution in [3.8, 4) is 33.8 Å². The van der Waals surface area contributed by atoms with Gasteiger partial charge in [0.25, 0.3) is 0 Å². The molecular formula is C46H32Cl2F8N2O4. The van der Waals surface area contributed by atoms with Crippen LogP contribution < -0.4 is 9.47 Å². The SMILES string of the molecule is C[C@@H]1OC(c2c(F)cccc2Cl)=N[C@@H]1c1ccc(-c2ccc(OC(F)(F)F)cc2)cc1.C[C@H]1OC(c2c(F)cccc2Cl)=N[C@H]1c1ccc(-c2ccc(OC(F)(F)F)cc2)cc1.